The lowest BCUT2D eigenvalue weighted by Crippen LogP contribution is -1.96. The maximum atomic E-state index is 11.7. The van der Waals surface area contributed by atoms with Crippen LogP contribution in [-0.4, -0.2) is 10.4 Å². The lowest BCUT2D eigenvalue weighted by Gasteiger charge is -2.04. The summed E-state index contributed by atoms with van der Waals surface area (Å²) in [5.41, 5.74) is 1.07. The summed E-state index contributed by atoms with van der Waals surface area (Å²) in [7, 11) is 0. The van der Waals surface area contributed by atoms with Crippen molar-refractivity contribution in [2.24, 2.45) is 0 Å². The Labute approximate surface area is 124 Å². The Morgan fingerprint density at radius 2 is 1.89 bits per heavy atom. The van der Waals surface area contributed by atoms with Crippen molar-refractivity contribution in [1.82, 2.24) is 5.16 Å². The first-order valence-corrected chi connectivity index (χ1v) is 6.86. The van der Waals surface area contributed by atoms with Crippen molar-refractivity contribution in [3.8, 4) is 11.3 Å². The van der Waals surface area contributed by atoms with Crippen LogP contribution in [0.25, 0.3) is 11.3 Å². The molecule has 0 N–H and O–H groups in total. The minimum Gasteiger partial charge on any atom is -0.360 e. The van der Waals surface area contributed by atoms with Gasteiger partial charge < -0.3 is 4.52 Å². The van der Waals surface area contributed by atoms with Crippen LogP contribution in [0.15, 0.2) is 22.7 Å². The molecular formula is C13H8Cl3NO2. The van der Waals surface area contributed by atoms with Gasteiger partial charge >= 0.3 is 0 Å². The van der Waals surface area contributed by atoms with Gasteiger partial charge in [0.25, 0.3) is 5.24 Å². The summed E-state index contributed by atoms with van der Waals surface area (Å²) >= 11 is 17.9. The number of hydrogen-bond donors (Lipinski definition) is 0. The first-order chi connectivity index (χ1) is 9.09. The van der Waals surface area contributed by atoms with E-state index in [1.54, 1.807) is 18.2 Å². The Kier molecular flexibility index (Phi) is 3.29. The van der Waals surface area contributed by atoms with Gasteiger partial charge in [-0.25, -0.2) is 0 Å². The number of hydrogen-bond acceptors (Lipinski definition) is 3. The quantitative estimate of drug-likeness (QED) is 0.756. The van der Waals surface area contributed by atoms with Crippen LogP contribution in [0.3, 0.4) is 0 Å². The summed E-state index contributed by atoms with van der Waals surface area (Å²) in [4.78, 5) is 11.7. The maximum absolute atomic E-state index is 11.7. The SMILES string of the molecule is O=C(Cl)c1c(-c2c(Cl)cccc2Cl)noc1C1CC1. The average molecular weight is 317 g/mol. The molecule has 0 amide bonds. The number of halogens is 3. The van der Waals surface area contributed by atoms with Gasteiger partial charge in [-0.3, -0.25) is 4.79 Å². The van der Waals surface area contributed by atoms with E-state index in [0.29, 0.717) is 27.1 Å². The van der Waals surface area contributed by atoms with Crippen LogP contribution in [0.2, 0.25) is 10.0 Å². The fourth-order valence-corrected chi connectivity index (χ4v) is 2.77. The minimum absolute atomic E-state index is 0.222. The standard InChI is InChI=1S/C13H8Cl3NO2/c14-7-2-1-3-8(15)9(7)11-10(13(16)18)12(19-17-11)6-4-5-6/h1-3,6H,4-5H2. The molecule has 0 spiro atoms. The third-order valence-electron chi connectivity index (χ3n) is 3.06. The molecule has 1 aromatic heterocycles. The molecule has 0 radical (unpaired) electrons. The van der Waals surface area contributed by atoms with Gasteiger partial charge in [0, 0.05) is 11.5 Å². The van der Waals surface area contributed by atoms with Crippen molar-refractivity contribution < 1.29 is 9.32 Å². The van der Waals surface area contributed by atoms with Crippen molar-refractivity contribution in [2.75, 3.05) is 0 Å². The van der Waals surface area contributed by atoms with Gasteiger partial charge in [-0.1, -0.05) is 34.4 Å². The molecular weight excluding hydrogens is 309 g/mol. The van der Waals surface area contributed by atoms with E-state index >= 15 is 0 Å². The van der Waals surface area contributed by atoms with Crippen LogP contribution < -0.4 is 0 Å². The fraction of sp³-hybridized carbons (Fsp3) is 0.231. The van der Waals surface area contributed by atoms with Crippen molar-refractivity contribution in [3.05, 3.63) is 39.6 Å². The van der Waals surface area contributed by atoms with Gasteiger partial charge in [-0.05, 0) is 36.6 Å². The van der Waals surface area contributed by atoms with Crippen LogP contribution in [0.1, 0.15) is 34.9 Å². The molecule has 0 aliphatic heterocycles. The van der Waals surface area contributed by atoms with Gasteiger partial charge in [0.05, 0.1) is 10.0 Å². The molecule has 98 valence electrons. The van der Waals surface area contributed by atoms with E-state index in [-0.39, 0.29) is 11.5 Å². The van der Waals surface area contributed by atoms with Gasteiger partial charge in [-0.2, -0.15) is 0 Å². The number of nitrogens with zero attached hydrogens (tertiary/aromatic N) is 1. The number of rotatable bonds is 3. The molecule has 1 aliphatic rings. The van der Waals surface area contributed by atoms with E-state index in [9.17, 15) is 4.79 Å². The first kappa shape index (κ1) is 13.0. The molecule has 6 heteroatoms. The summed E-state index contributed by atoms with van der Waals surface area (Å²) < 4.78 is 5.27. The monoisotopic (exact) mass is 315 g/mol. The summed E-state index contributed by atoms with van der Waals surface area (Å²) in [6.07, 6.45) is 1.95. The molecule has 3 rings (SSSR count). The second kappa shape index (κ2) is 4.82. The van der Waals surface area contributed by atoms with E-state index in [1.165, 1.54) is 0 Å². The topological polar surface area (TPSA) is 43.1 Å². The molecule has 0 atom stereocenters. The number of carbonyl (C=O) groups is 1. The van der Waals surface area contributed by atoms with Crippen LogP contribution in [0.4, 0.5) is 0 Å². The third-order valence-corrected chi connectivity index (χ3v) is 3.88. The zero-order chi connectivity index (χ0) is 13.6. The smallest absolute Gasteiger partial charge is 0.258 e. The molecule has 0 saturated heterocycles. The molecule has 2 aromatic rings. The molecule has 1 saturated carbocycles. The molecule has 1 aromatic carbocycles. The zero-order valence-corrected chi connectivity index (χ0v) is 11.9. The van der Waals surface area contributed by atoms with E-state index in [4.69, 9.17) is 39.3 Å². The third kappa shape index (κ3) is 2.27. The summed E-state index contributed by atoms with van der Waals surface area (Å²) in [5, 5.41) is 4.15. The number of aromatic nitrogens is 1. The van der Waals surface area contributed by atoms with Crippen LogP contribution >= 0.6 is 34.8 Å². The molecule has 0 bridgehead atoms. The summed E-state index contributed by atoms with van der Waals surface area (Å²) in [6.45, 7) is 0. The minimum atomic E-state index is -0.603. The summed E-state index contributed by atoms with van der Waals surface area (Å²) in [5.74, 6) is 0.756. The van der Waals surface area contributed by atoms with Crippen molar-refractivity contribution in [1.29, 1.82) is 0 Å². The largest absolute Gasteiger partial charge is 0.360 e. The Bertz CT molecular complexity index is 642. The Balaban J connectivity index is 2.23. The van der Waals surface area contributed by atoms with Gasteiger partial charge in [-0.15, -0.1) is 0 Å². The predicted octanol–water partition coefficient (Wildman–Crippen LogP) is 4.90. The van der Waals surface area contributed by atoms with E-state index in [1.807, 2.05) is 0 Å². The lowest BCUT2D eigenvalue weighted by molar-refractivity contribution is 0.108. The fourth-order valence-electron chi connectivity index (χ4n) is 2.01. The van der Waals surface area contributed by atoms with Crippen LogP contribution in [-0.2, 0) is 0 Å². The second-order valence-electron chi connectivity index (χ2n) is 4.42. The van der Waals surface area contributed by atoms with Crippen molar-refractivity contribution >= 4 is 40.0 Å². The highest BCUT2D eigenvalue weighted by Gasteiger charge is 2.35. The lowest BCUT2D eigenvalue weighted by atomic mass is 10.0. The average Bonchev–Trinajstić information content (AvgIpc) is 3.09. The van der Waals surface area contributed by atoms with E-state index < -0.39 is 5.24 Å². The highest BCUT2D eigenvalue weighted by atomic mass is 35.5. The van der Waals surface area contributed by atoms with Crippen LogP contribution in [0.5, 0.6) is 0 Å². The number of carbonyl (C=O) groups excluding carboxylic acids is 1. The molecule has 1 heterocycles. The molecule has 0 unspecified atom stereocenters. The second-order valence-corrected chi connectivity index (χ2v) is 5.57. The Morgan fingerprint density at radius 3 is 2.42 bits per heavy atom. The molecule has 19 heavy (non-hydrogen) atoms. The Hall–Kier alpha value is -1.03. The number of benzene rings is 1. The first-order valence-electron chi connectivity index (χ1n) is 5.73. The van der Waals surface area contributed by atoms with Gasteiger partial charge in [0.1, 0.15) is 11.3 Å². The summed E-state index contributed by atoms with van der Waals surface area (Å²) in [6, 6.07) is 5.08. The van der Waals surface area contributed by atoms with Crippen molar-refractivity contribution in [3.63, 3.8) is 0 Å². The van der Waals surface area contributed by atoms with Gasteiger partial charge in [0.15, 0.2) is 5.76 Å². The van der Waals surface area contributed by atoms with Crippen molar-refractivity contribution in [2.45, 2.75) is 18.8 Å². The molecule has 1 aliphatic carbocycles. The maximum Gasteiger partial charge on any atom is 0.258 e. The van der Waals surface area contributed by atoms with E-state index in [0.717, 1.165) is 12.8 Å². The normalized spacial score (nSPS) is 14.7. The molecule has 3 nitrogen and oxygen atoms in total. The van der Waals surface area contributed by atoms with Crippen LogP contribution in [0, 0.1) is 0 Å². The van der Waals surface area contributed by atoms with E-state index in [2.05, 4.69) is 5.16 Å². The highest BCUT2D eigenvalue weighted by Crippen LogP contribution is 2.46. The van der Waals surface area contributed by atoms with Gasteiger partial charge in [0.2, 0.25) is 0 Å². The highest BCUT2D eigenvalue weighted by molar-refractivity contribution is 6.68. The predicted molar refractivity (Wildman–Crippen MR) is 74.1 cm³/mol. The Morgan fingerprint density at radius 1 is 1.26 bits per heavy atom. The zero-order valence-electron chi connectivity index (χ0n) is 9.62. The molecule has 1 fully saturated rings.